The molecule has 0 aliphatic rings. The molecule has 2 aromatic rings. The van der Waals surface area contributed by atoms with Crippen LogP contribution in [-0.4, -0.2) is 21.6 Å². The number of rotatable bonds is 5. The standard InChI is InChI=1S/C16H14F3N3O3/c17-16(18,19)8-5-11-3-1-2-4-12(11)20-13(23)6-9-22-10-7-14(24)21-15(22)25/h1-5,7-8,10H,6,9H2,(H,20,23)(H,21,24,25)/b8-5+. The normalized spacial score (nSPS) is 11.6. The minimum Gasteiger partial charge on any atom is -0.325 e. The van der Waals surface area contributed by atoms with E-state index in [4.69, 9.17) is 0 Å². The molecule has 0 saturated heterocycles. The molecule has 1 aromatic carbocycles. The van der Waals surface area contributed by atoms with Gasteiger partial charge in [-0.1, -0.05) is 18.2 Å². The van der Waals surface area contributed by atoms with Gasteiger partial charge in [-0.15, -0.1) is 0 Å². The number of aryl methyl sites for hydroxylation is 1. The summed E-state index contributed by atoms with van der Waals surface area (Å²) in [5.41, 5.74) is -0.763. The Labute approximate surface area is 139 Å². The molecule has 25 heavy (non-hydrogen) atoms. The highest BCUT2D eigenvalue weighted by atomic mass is 19.4. The highest BCUT2D eigenvalue weighted by Crippen LogP contribution is 2.22. The third kappa shape index (κ3) is 5.79. The first-order chi connectivity index (χ1) is 11.7. The maximum atomic E-state index is 12.3. The molecule has 0 aliphatic heterocycles. The van der Waals surface area contributed by atoms with E-state index in [2.05, 4.69) is 10.3 Å². The lowest BCUT2D eigenvalue weighted by Gasteiger charge is -2.09. The summed E-state index contributed by atoms with van der Waals surface area (Å²) in [7, 11) is 0. The van der Waals surface area contributed by atoms with Crippen molar-refractivity contribution < 1.29 is 18.0 Å². The van der Waals surface area contributed by atoms with Gasteiger partial charge in [-0.05, 0) is 17.7 Å². The van der Waals surface area contributed by atoms with Crippen molar-refractivity contribution in [2.24, 2.45) is 0 Å². The molecular formula is C16H14F3N3O3. The molecule has 0 spiro atoms. The van der Waals surface area contributed by atoms with Crippen molar-refractivity contribution in [3.63, 3.8) is 0 Å². The van der Waals surface area contributed by atoms with E-state index in [0.29, 0.717) is 0 Å². The molecule has 1 amide bonds. The molecule has 6 nitrogen and oxygen atoms in total. The Balaban J connectivity index is 2.04. The number of H-pyrrole nitrogens is 1. The molecule has 2 N–H and O–H groups in total. The fourth-order valence-corrected chi connectivity index (χ4v) is 2.00. The third-order valence-corrected chi connectivity index (χ3v) is 3.16. The number of benzene rings is 1. The molecule has 2 rings (SSSR count). The van der Waals surface area contributed by atoms with Crippen molar-refractivity contribution in [1.29, 1.82) is 0 Å². The van der Waals surface area contributed by atoms with Crippen LogP contribution in [0.1, 0.15) is 12.0 Å². The first kappa shape index (κ1) is 18.2. The number of carbonyl (C=O) groups excluding carboxylic acids is 1. The van der Waals surface area contributed by atoms with E-state index >= 15 is 0 Å². The smallest absolute Gasteiger partial charge is 0.325 e. The Kier molecular flexibility index (Phi) is 5.58. The second-order valence-corrected chi connectivity index (χ2v) is 5.06. The second-order valence-electron chi connectivity index (χ2n) is 5.06. The number of allylic oxidation sites excluding steroid dienone is 1. The monoisotopic (exact) mass is 353 g/mol. The summed E-state index contributed by atoms with van der Waals surface area (Å²) in [5.74, 6) is -0.481. The summed E-state index contributed by atoms with van der Waals surface area (Å²) in [4.78, 5) is 36.5. The lowest BCUT2D eigenvalue weighted by Crippen LogP contribution is -2.29. The summed E-state index contributed by atoms with van der Waals surface area (Å²) in [6, 6.07) is 7.18. The molecule has 0 radical (unpaired) electrons. The molecule has 132 valence electrons. The van der Waals surface area contributed by atoms with Gasteiger partial charge in [0.15, 0.2) is 0 Å². The molecule has 0 unspecified atom stereocenters. The zero-order valence-electron chi connectivity index (χ0n) is 12.8. The average molecular weight is 353 g/mol. The van der Waals surface area contributed by atoms with Gasteiger partial charge in [0, 0.05) is 37.0 Å². The minimum absolute atomic E-state index is 0.0159. The van der Waals surface area contributed by atoms with E-state index in [1.54, 1.807) is 12.1 Å². The van der Waals surface area contributed by atoms with Crippen molar-refractivity contribution in [2.75, 3.05) is 5.32 Å². The first-order valence-corrected chi connectivity index (χ1v) is 7.19. The molecular weight excluding hydrogens is 339 g/mol. The summed E-state index contributed by atoms with van der Waals surface area (Å²) < 4.78 is 38.0. The molecule has 0 fully saturated rings. The van der Waals surface area contributed by atoms with Crippen molar-refractivity contribution in [3.05, 3.63) is 69.0 Å². The molecule has 9 heteroatoms. The highest BCUT2D eigenvalue weighted by Gasteiger charge is 2.22. The van der Waals surface area contributed by atoms with E-state index in [0.717, 1.165) is 16.7 Å². The number of para-hydroxylation sites is 1. The van der Waals surface area contributed by atoms with Crippen LogP contribution in [0.4, 0.5) is 18.9 Å². The number of aromatic nitrogens is 2. The maximum Gasteiger partial charge on any atom is 0.409 e. The largest absolute Gasteiger partial charge is 0.409 e. The first-order valence-electron chi connectivity index (χ1n) is 7.19. The molecule has 1 aromatic heterocycles. The molecule has 1 heterocycles. The summed E-state index contributed by atoms with van der Waals surface area (Å²) in [6.07, 6.45) is -2.35. The van der Waals surface area contributed by atoms with Gasteiger partial charge in [0.25, 0.3) is 5.56 Å². The topological polar surface area (TPSA) is 84.0 Å². The molecule has 0 atom stereocenters. The highest BCUT2D eigenvalue weighted by molar-refractivity contribution is 5.92. The van der Waals surface area contributed by atoms with Gasteiger partial charge < -0.3 is 9.88 Å². The fourth-order valence-electron chi connectivity index (χ4n) is 2.00. The van der Waals surface area contributed by atoms with Crippen molar-refractivity contribution in [3.8, 4) is 0 Å². The van der Waals surface area contributed by atoms with E-state index in [-0.39, 0.29) is 30.3 Å². The van der Waals surface area contributed by atoms with Crippen LogP contribution in [0.25, 0.3) is 6.08 Å². The van der Waals surface area contributed by atoms with Crippen LogP contribution in [0, 0.1) is 0 Å². The van der Waals surface area contributed by atoms with Crippen LogP contribution in [0.2, 0.25) is 0 Å². The van der Waals surface area contributed by atoms with Crippen LogP contribution in [0.15, 0.2) is 52.2 Å². The lowest BCUT2D eigenvalue weighted by molar-refractivity contribution is -0.116. The summed E-state index contributed by atoms with van der Waals surface area (Å²) >= 11 is 0. The molecule has 0 aliphatic carbocycles. The average Bonchev–Trinajstić information content (AvgIpc) is 2.52. The van der Waals surface area contributed by atoms with Crippen molar-refractivity contribution >= 4 is 17.7 Å². The third-order valence-electron chi connectivity index (χ3n) is 3.16. The number of aromatic amines is 1. The summed E-state index contributed by atoms with van der Waals surface area (Å²) in [6.45, 7) is 0.0159. The van der Waals surface area contributed by atoms with Crippen LogP contribution in [-0.2, 0) is 11.3 Å². The van der Waals surface area contributed by atoms with Gasteiger partial charge >= 0.3 is 11.9 Å². The zero-order valence-corrected chi connectivity index (χ0v) is 12.8. The van der Waals surface area contributed by atoms with Crippen LogP contribution < -0.4 is 16.6 Å². The fraction of sp³-hybridized carbons (Fsp3) is 0.188. The van der Waals surface area contributed by atoms with Gasteiger partial charge in [0.2, 0.25) is 5.91 Å². The minimum atomic E-state index is -4.46. The van der Waals surface area contributed by atoms with E-state index in [9.17, 15) is 27.6 Å². The van der Waals surface area contributed by atoms with Crippen molar-refractivity contribution in [2.45, 2.75) is 19.1 Å². The number of alkyl halides is 3. The van der Waals surface area contributed by atoms with Gasteiger partial charge in [-0.25, -0.2) is 4.79 Å². The Morgan fingerprint density at radius 2 is 1.92 bits per heavy atom. The Bertz CT molecular complexity index is 897. The zero-order chi connectivity index (χ0) is 18.4. The second kappa shape index (κ2) is 7.65. The van der Waals surface area contributed by atoms with Crippen molar-refractivity contribution in [1.82, 2.24) is 9.55 Å². The van der Waals surface area contributed by atoms with E-state index in [1.807, 2.05) is 0 Å². The van der Waals surface area contributed by atoms with E-state index < -0.39 is 23.3 Å². The molecule has 0 saturated carbocycles. The summed E-state index contributed by atoms with van der Waals surface area (Å²) in [5, 5.41) is 2.50. The quantitative estimate of drug-likeness (QED) is 0.864. The number of nitrogens with zero attached hydrogens (tertiary/aromatic N) is 1. The Hall–Kier alpha value is -3.10. The number of amides is 1. The number of nitrogens with one attached hydrogen (secondary N) is 2. The van der Waals surface area contributed by atoms with Crippen LogP contribution >= 0.6 is 0 Å². The molecule has 0 bridgehead atoms. The number of carbonyl (C=O) groups is 1. The van der Waals surface area contributed by atoms with Crippen LogP contribution in [0.3, 0.4) is 0 Å². The number of halogens is 3. The predicted octanol–water partition coefficient (Wildman–Crippen LogP) is 2.14. The van der Waals surface area contributed by atoms with Gasteiger partial charge in [-0.2, -0.15) is 13.2 Å². The number of hydrogen-bond donors (Lipinski definition) is 2. The SMILES string of the molecule is O=C(CCn1ccc(=O)[nH]c1=O)Nc1ccccc1/C=C/C(F)(F)F. The van der Waals surface area contributed by atoms with E-state index in [1.165, 1.54) is 18.3 Å². The number of anilines is 1. The van der Waals surface area contributed by atoms with Crippen LogP contribution in [0.5, 0.6) is 0 Å². The maximum absolute atomic E-state index is 12.3. The Morgan fingerprint density at radius 3 is 2.60 bits per heavy atom. The van der Waals surface area contributed by atoms with Gasteiger partial charge in [-0.3, -0.25) is 14.6 Å². The van der Waals surface area contributed by atoms with Gasteiger partial charge in [0.05, 0.1) is 0 Å². The lowest BCUT2D eigenvalue weighted by atomic mass is 10.1. The predicted molar refractivity (Wildman–Crippen MR) is 86.1 cm³/mol. The number of hydrogen-bond acceptors (Lipinski definition) is 3. The van der Waals surface area contributed by atoms with Gasteiger partial charge in [0.1, 0.15) is 0 Å². The Morgan fingerprint density at radius 1 is 1.20 bits per heavy atom.